The number of ether oxygens (including phenoxy) is 2. The van der Waals surface area contributed by atoms with E-state index in [1.165, 1.54) is 24.3 Å². The first-order valence-electron chi connectivity index (χ1n) is 6.75. The van der Waals surface area contributed by atoms with Crippen molar-refractivity contribution < 1.29 is 23.8 Å². The zero-order chi connectivity index (χ0) is 16.8. The first kappa shape index (κ1) is 16.5. The van der Waals surface area contributed by atoms with E-state index in [2.05, 4.69) is 13.2 Å². The smallest absolute Gasteiger partial charge is 0.335 e. The molecule has 4 nitrogen and oxygen atoms in total. The van der Waals surface area contributed by atoms with Gasteiger partial charge in [-0.2, -0.15) is 0 Å². The molecule has 0 radical (unpaired) electrons. The van der Waals surface area contributed by atoms with Crippen LogP contribution in [0, 0.1) is 5.82 Å². The normalized spacial score (nSPS) is 11.4. The van der Waals surface area contributed by atoms with E-state index in [0.29, 0.717) is 16.9 Å². The molecule has 0 amide bonds. The van der Waals surface area contributed by atoms with Gasteiger partial charge in [-0.25, -0.2) is 9.18 Å². The molecule has 0 aromatic heterocycles. The van der Waals surface area contributed by atoms with Crippen LogP contribution in [0.3, 0.4) is 0 Å². The van der Waals surface area contributed by atoms with Crippen LogP contribution >= 0.6 is 0 Å². The van der Waals surface area contributed by atoms with Crippen molar-refractivity contribution in [3.05, 3.63) is 73.6 Å². The van der Waals surface area contributed by atoms with E-state index in [0.717, 1.165) is 6.08 Å². The van der Waals surface area contributed by atoms with E-state index < -0.39 is 18.1 Å². The van der Waals surface area contributed by atoms with Crippen LogP contribution in [-0.2, 0) is 4.79 Å². The number of esters is 1. The van der Waals surface area contributed by atoms with Crippen molar-refractivity contribution in [3.8, 4) is 22.6 Å². The minimum absolute atomic E-state index is 0.190. The molecule has 2 aromatic rings. The standard InChI is InChI=1S/C18H15FO4/c1-3-17(20)22-13-7-5-12(6-8-13)15-10-9-14(11-16(15)19)23-18(21)4-2/h3-11,18,21H,1-2H2. The van der Waals surface area contributed by atoms with Crippen LogP contribution in [0.5, 0.6) is 11.5 Å². The van der Waals surface area contributed by atoms with Crippen molar-refractivity contribution in [2.45, 2.75) is 6.29 Å². The summed E-state index contributed by atoms with van der Waals surface area (Å²) >= 11 is 0. The third-order valence-corrected chi connectivity index (χ3v) is 2.95. The summed E-state index contributed by atoms with van der Waals surface area (Å²) in [5, 5.41) is 9.30. The molecule has 1 N–H and O–H groups in total. The second-order valence-corrected chi connectivity index (χ2v) is 4.54. The molecule has 2 rings (SSSR count). The average molecular weight is 314 g/mol. The highest BCUT2D eigenvalue weighted by atomic mass is 19.1. The van der Waals surface area contributed by atoms with E-state index in [1.807, 2.05) is 0 Å². The van der Waals surface area contributed by atoms with Gasteiger partial charge < -0.3 is 14.6 Å². The van der Waals surface area contributed by atoms with Gasteiger partial charge in [0.1, 0.15) is 17.3 Å². The maximum atomic E-state index is 14.2. The van der Waals surface area contributed by atoms with E-state index >= 15 is 0 Å². The second-order valence-electron chi connectivity index (χ2n) is 4.54. The molecule has 0 spiro atoms. The number of carbonyl (C=O) groups excluding carboxylic acids is 1. The lowest BCUT2D eigenvalue weighted by Gasteiger charge is -2.11. The molecule has 0 saturated carbocycles. The highest BCUT2D eigenvalue weighted by Crippen LogP contribution is 2.28. The van der Waals surface area contributed by atoms with Gasteiger partial charge in [0.25, 0.3) is 0 Å². The summed E-state index contributed by atoms with van der Waals surface area (Å²) in [5.74, 6) is -0.538. The van der Waals surface area contributed by atoms with Gasteiger partial charge in [-0.3, -0.25) is 0 Å². The molecule has 118 valence electrons. The van der Waals surface area contributed by atoms with Crippen molar-refractivity contribution in [1.82, 2.24) is 0 Å². The monoisotopic (exact) mass is 314 g/mol. The van der Waals surface area contributed by atoms with E-state index in [9.17, 15) is 14.3 Å². The molecule has 0 saturated heterocycles. The highest BCUT2D eigenvalue weighted by Gasteiger charge is 2.09. The fourth-order valence-electron chi connectivity index (χ4n) is 1.85. The number of aliphatic hydroxyl groups is 1. The molecule has 0 aliphatic carbocycles. The molecular formula is C18H15FO4. The predicted molar refractivity (Wildman–Crippen MR) is 84.5 cm³/mol. The molecule has 1 atom stereocenters. The number of hydrogen-bond donors (Lipinski definition) is 1. The van der Waals surface area contributed by atoms with Crippen LogP contribution in [0.1, 0.15) is 0 Å². The van der Waals surface area contributed by atoms with Crippen molar-refractivity contribution in [2.75, 3.05) is 0 Å². The first-order chi connectivity index (χ1) is 11.0. The second kappa shape index (κ2) is 7.38. The van der Waals surface area contributed by atoms with Crippen LogP contribution in [0.2, 0.25) is 0 Å². The average Bonchev–Trinajstić information content (AvgIpc) is 2.55. The SMILES string of the molecule is C=CC(=O)Oc1ccc(-c2ccc(OC(O)C=C)cc2F)cc1. The van der Waals surface area contributed by atoms with Gasteiger partial charge in [-0.05, 0) is 35.9 Å². The van der Waals surface area contributed by atoms with Crippen molar-refractivity contribution in [2.24, 2.45) is 0 Å². The maximum Gasteiger partial charge on any atom is 0.335 e. The quantitative estimate of drug-likeness (QED) is 0.292. The Labute approximate surface area is 133 Å². The molecule has 0 heterocycles. The summed E-state index contributed by atoms with van der Waals surface area (Å²) in [4.78, 5) is 11.1. The maximum absolute atomic E-state index is 14.2. The van der Waals surface area contributed by atoms with Gasteiger partial charge in [0.2, 0.25) is 6.29 Å². The first-order valence-corrected chi connectivity index (χ1v) is 6.75. The molecule has 0 aliphatic rings. The minimum atomic E-state index is -1.20. The number of halogens is 1. The Bertz CT molecular complexity index is 722. The summed E-state index contributed by atoms with van der Waals surface area (Å²) in [6.07, 6.45) is 1.05. The number of benzene rings is 2. The van der Waals surface area contributed by atoms with Crippen molar-refractivity contribution in [3.63, 3.8) is 0 Å². The van der Waals surface area contributed by atoms with E-state index in [1.54, 1.807) is 24.3 Å². The summed E-state index contributed by atoms with van der Waals surface area (Å²) in [6.45, 7) is 6.68. The number of aliphatic hydroxyl groups excluding tert-OH is 1. The molecule has 2 aromatic carbocycles. The summed E-state index contributed by atoms with van der Waals surface area (Å²) < 4.78 is 24.2. The molecule has 0 bridgehead atoms. The number of rotatable bonds is 6. The Hall–Kier alpha value is -2.92. The molecule has 5 heteroatoms. The molecular weight excluding hydrogens is 299 g/mol. The van der Waals surface area contributed by atoms with Gasteiger partial charge in [0.05, 0.1) is 0 Å². The summed E-state index contributed by atoms with van der Waals surface area (Å²) in [7, 11) is 0. The van der Waals surface area contributed by atoms with Crippen molar-refractivity contribution in [1.29, 1.82) is 0 Å². The van der Waals surface area contributed by atoms with Gasteiger partial charge in [0.15, 0.2) is 0 Å². The van der Waals surface area contributed by atoms with Gasteiger partial charge >= 0.3 is 5.97 Å². The van der Waals surface area contributed by atoms with Crippen molar-refractivity contribution >= 4 is 5.97 Å². The number of carbonyl (C=O) groups is 1. The third kappa shape index (κ3) is 4.28. The van der Waals surface area contributed by atoms with Crippen LogP contribution in [0.4, 0.5) is 4.39 Å². The van der Waals surface area contributed by atoms with E-state index in [4.69, 9.17) is 9.47 Å². The highest BCUT2D eigenvalue weighted by molar-refractivity contribution is 5.83. The predicted octanol–water partition coefficient (Wildman–Crippen LogP) is 3.47. The lowest BCUT2D eigenvalue weighted by atomic mass is 10.0. The van der Waals surface area contributed by atoms with Crippen LogP contribution in [-0.4, -0.2) is 17.4 Å². The van der Waals surface area contributed by atoms with Gasteiger partial charge in [-0.1, -0.05) is 25.3 Å². The topological polar surface area (TPSA) is 55.8 Å². The molecule has 1 unspecified atom stereocenters. The Balaban J connectivity index is 2.19. The largest absolute Gasteiger partial charge is 0.461 e. The lowest BCUT2D eigenvalue weighted by molar-refractivity contribution is -0.128. The third-order valence-electron chi connectivity index (χ3n) is 2.95. The Morgan fingerprint density at radius 3 is 2.35 bits per heavy atom. The zero-order valence-electron chi connectivity index (χ0n) is 12.2. The Morgan fingerprint density at radius 2 is 1.78 bits per heavy atom. The fraction of sp³-hybridized carbons (Fsp3) is 0.0556. The zero-order valence-corrected chi connectivity index (χ0v) is 12.2. The molecule has 23 heavy (non-hydrogen) atoms. The van der Waals surface area contributed by atoms with Gasteiger partial charge in [0, 0.05) is 17.7 Å². The Morgan fingerprint density at radius 1 is 1.13 bits per heavy atom. The lowest BCUT2D eigenvalue weighted by Crippen LogP contribution is -2.11. The van der Waals surface area contributed by atoms with E-state index in [-0.39, 0.29) is 5.75 Å². The van der Waals surface area contributed by atoms with Crippen LogP contribution in [0.25, 0.3) is 11.1 Å². The molecule has 0 fully saturated rings. The molecule has 0 aliphatic heterocycles. The Kier molecular flexibility index (Phi) is 5.28. The fourth-order valence-corrected chi connectivity index (χ4v) is 1.85. The number of hydrogen-bond acceptors (Lipinski definition) is 4. The summed E-state index contributed by atoms with van der Waals surface area (Å²) in [5.41, 5.74) is 0.962. The van der Waals surface area contributed by atoms with Crippen LogP contribution < -0.4 is 9.47 Å². The van der Waals surface area contributed by atoms with Crippen LogP contribution in [0.15, 0.2) is 67.8 Å². The van der Waals surface area contributed by atoms with Gasteiger partial charge in [-0.15, -0.1) is 0 Å². The summed E-state index contributed by atoms with van der Waals surface area (Å²) in [6, 6.07) is 10.6. The minimum Gasteiger partial charge on any atom is -0.461 e.